The van der Waals surface area contributed by atoms with E-state index in [2.05, 4.69) is 52.4 Å². The van der Waals surface area contributed by atoms with E-state index < -0.39 is 0 Å². The van der Waals surface area contributed by atoms with Crippen LogP contribution in [-0.4, -0.2) is 43.0 Å². The summed E-state index contributed by atoms with van der Waals surface area (Å²) in [6.07, 6.45) is 0. The molecule has 1 saturated heterocycles. The summed E-state index contributed by atoms with van der Waals surface area (Å²) in [5.41, 5.74) is 3.56. The number of para-hydroxylation sites is 1. The van der Waals surface area contributed by atoms with Gasteiger partial charge in [-0.2, -0.15) is 5.26 Å². The molecule has 0 unspecified atom stereocenters. The number of amides is 1. The van der Waals surface area contributed by atoms with Crippen molar-refractivity contribution in [3.63, 3.8) is 0 Å². The van der Waals surface area contributed by atoms with Crippen LogP contribution in [0.1, 0.15) is 18.1 Å². The molecule has 0 spiro atoms. The third-order valence-electron chi connectivity index (χ3n) is 4.91. The SMILES string of the molecule is Cc1cccc(N2CCN([C@@H](C)C(=O)Nc3ccccc3C#N)CC2)c1. The number of hydrogen-bond donors (Lipinski definition) is 1. The summed E-state index contributed by atoms with van der Waals surface area (Å²) in [7, 11) is 0. The second-order valence-corrected chi connectivity index (χ2v) is 6.68. The molecule has 1 aliphatic rings. The van der Waals surface area contributed by atoms with Crippen LogP contribution in [-0.2, 0) is 4.79 Å². The first-order valence-corrected chi connectivity index (χ1v) is 8.94. The van der Waals surface area contributed by atoms with E-state index in [0.717, 1.165) is 26.2 Å². The van der Waals surface area contributed by atoms with Crippen molar-refractivity contribution >= 4 is 17.3 Å². The number of carbonyl (C=O) groups is 1. The van der Waals surface area contributed by atoms with Gasteiger partial charge in [0.05, 0.1) is 17.3 Å². The molecule has 0 saturated carbocycles. The van der Waals surface area contributed by atoms with Gasteiger partial charge < -0.3 is 10.2 Å². The van der Waals surface area contributed by atoms with Crippen molar-refractivity contribution in [3.05, 3.63) is 59.7 Å². The Kier molecular flexibility index (Phi) is 5.55. The van der Waals surface area contributed by atoms with Crippen molar-refractivity contribution < 1.29 is 4.79 Å². The number of aryl methyl sites for hydroxylation is 1. The Balaban J connectivity index is 1.58. The highest BCUT2D eigenvalue weighted by Crippen LogP contribution is 2.19. The summed E-state index contributed by atoms with van der Waals surface area (Å²) in [6.45, 7) is 7.49. The van der Waals surface area contributed by atoms with Gasteiger partial charge in [-0.05, 0) is 43.7 Å². The van der Waals surface area contributed by atoms with Crippen LogP contribution in [0.15, 0.2) is 48.5 Å². The average molecular weight is 348 g/mol. The van der Waals surface area contributed by atoms with Gasteiger partial charge in [0, 0.05) is 31.9 Å². The van der Waals surface area contributed by atoms with Gasteiger partial charge in [0.2, 0.25) is 5.91 Å². The predicted octanol–water partition coefficient (Wildman–Crippen LogP) is 3.02. The summed E-state index contributed by atoms with van der Waals surface area (Å²) in [6, 6.07) is 17.5. The predicted molar refractivity (Wildman–Crippen MR) is 104 cm³/mol. The minimum Gasteiger partial charge on any atom is -0.369 e. The number of nitrogens with zero attached hydrogens (tertiary/aromatic N) is 3. The first kappa shape index (κ1) is 18.0. The highest BCUT2D eigenvalue weighted by Gasteiger charge is 2.26. The molecule has 0 bridgehead atoms. The van der Waals surface area contributed by atoms with E-state index in [4.69, 9.17) is 5.26 Å². The smallest absolute Gasteiger partial charge is 0.241 e. The normalized spacial score (nSPS) is 16.0. The van der Waals surface area contributed by atoms with E-state index >= 15 is 0 Å². The Morgan fingerprint density at radius 3 is 2.54 bits per heavy atom. The van der Waals surface area contributed by atoms with Crippen molar-refractivity contribution in [1.82, 2.24) is 4.90 Å². The molecule has 1 aliphatic heterocycles. The third kappa shape index (κ3) is 4.04. The maximum absolute atomic E-state index is 12.6. The van der Waals surface area contributed by atoms with E-state index in [0.29, 0.717) is 11.3 Å². The Hall–Kier alpha value is -2.84. The van der Waals surface area contributed by atoms with Crippen LogP contribution in [0.2, 0.25) is 0 Å². The fourth-order valence-corrected chi connectivity index (χ4v) is 3.28. The molecule has 0 aromatic heterocycles. The van der Waals surface area contributed by atoms with Gasteiger partial charge in [-0.1, -0.05) is 24.3 Å². The number of benzene rings is 2. The van der Waals surface area contributed by atoms with Gasteiger partial charge in [-0.15, -0.1) is 0 Å². The molecule has 1 fully saturated rings. The number of piperazine rings is 1. The van der Waals surface area contributed by atoms with Gasteiger partial charge in [-0.3, -0.25) is 9.69 Å². The van der Waals surface area contributed by atoms with Gasteiger partial charge in [0.15, 0.2) is 0 Å². The maximum atomic E-state index is 12.6. The molecule has 5 heteroatoms. The largest absolute Gasteiger partial charge is 0.369 e. The van der Waals surface area contributed by atoms with Crippen LogP contribution < -0.4 is 10.2 Å². The topological polar surface area (TPSA) is 59.4 Å². The molecule has 2 aromatic carbocycles. The Labute approximate surface area is 154 Å². The molecule has 1 heterocycles. The first-order chi connectivity index (χ1) is 12.6. The summed E-state index contributed by atoms with van der Waals surface area (Å²) < 4.78 is 0. The van der Waals surface area contributed by atoms with Crippen LogP contribution in [0.3, 0.4) is 0 Å². The molecule has 1 amide bonds. The lowest BCUT2D eigenvalue weighted by atomic mass is 10.1. The second-order valence-electron chi connectivity index (χ2n) is 6.68. The zero-order valence-electron chi connectivity index (χ0n) is 15.3. The number of anilines is 2. The van der Waals surface area contributed by atoms with Crippen LogP contribution in [0, 0.1) is 18.3 Å². The second kappa shape index (κ2) is 8.03. The number of rotatable bonds is 4. The molecule has 3 rings (SSSR count). The zero-order chi connectivity index (χ0) is 18.5. The van der Waals surface area contributed by atoms with E-state index in [9.17, 15) is 4.79 Å². The minimum absolute atomic E-state index is 0.0725. The van der Waals surface area contributed by atoms with Gasteiger partial charge >= 0.3 is 0 Å². The molecular weight excluding hydrogens is 324 g/mol. The van der Waals surface area contributed by atoms with E-state index in [-0.39, 0.29) is 11.9 Å². The van der Waals surface area contributed by atoms with E-state index in [1.54, 1.807) is 18.2 Å². The zero-order valence-corrected chi connectivity index (χ0v) is 15.3. The third-order valence-corrected chi connectivity index (χ3v) is 4.91. The van der Waals surface area contributed by atoms with E-state index in [1.165, 1.54) is 11.3 Å². The lowest BCUT2D eigenvalue weighted by Crippen LogP contribution is -2.52. The van der Waals surface area contributed by atoms with E-state index in [1.807, 2.05) is 13.0 Å². The number of nitrogens with one attached hydrogen (secondary N) is 1. The number of carbonyl (C=O) groups excluding carboxylic acids is 1. The fraction of sp³-hybridized carbons (Fsp3) is 0.333. The Bertz CT molecular complexity index is 819. The lowest BCUT2D eigenvalue weighted by Gasteiger charge is -2.38. The van der Waals surface area contributed by atoms with Crippen molar-refractivity contribution in [2.75, 3.05) is 36.4 Å². The Morgan fingerprint density at radius 2 is 1.85 bits per heavy atom. The molecule has 1 atom stereocenters. The molecule has 1 N–H and O–H groups in total. The molecule has 26 heavy (non-hydrogen) atoms. The van der Waals surface area contributed by atoms with Crippen LogP contribution in [0.25, 0.3) is 0 Å². The number of nitriles is 1. The molecule has 5 nitrogen and oxygen atoms in total. The molecule has 2 aromatic rings. The van der Waals surface area contributed by atoms with Crippen molar-refractivity contribution in [2.24, 2.45) is 0 Å². The highest BCUT2D eigenvalue weighted by atomic mass is 16.2. The minimum atomic E-state index is -0.235. The average Bonchev–Trinajstić information content (AvgIpc) is 2.68. The van der Waals surface area contributed by atoms with Crippen LogP contribution >= 0.6 is 0 Å². The molecule has 0 radical (unpaired) electrons. The highest BCUT2D eigenvalue weighted by molar-refractivity contribution is 5.95. The summed E-state index contributed by atoms with van der Waals surface area (Å²) in [5.74, 6) is -0.0725. The first-order valence-electron chi connectivity index (χ1n) is 8.94. The molecule has 0 aliphatic carbocycles. The van der Waals surface area contributed by atoms with Crippen molar-refractivity contribution in [2.45, 2.75) is 19.9 Å². The maximum Gasteiger partial charge on any atom is 0.241 e. The monoisotopic (exact) mass is 348 g/mol. The van der Waals surface area contributed by atoms with Crippen LogP contribution in [0.4, 0.5) is 11.4 Å². The van der Waals surface area contributed by atoms with Gasteiger partial charge in [0.1, 0.15) is 6.07 Å². The van der Waals surface area contributed by atoms with Gasteiger partial charge in [0.25, 0.3) is 0 Å². The summed E-state index contributed by atoms with van der Waals surface area (Å²) in [4.78, 5) is 17.2. The molecular formula is C21H24N4O. The van der Waals surface area contributed by atoms with Crippen molar-refractivity contribution in [1.29, 1.82) is 5.26 Å². The standard InChI is InChI=1S/C21H24N4O/c1-16-6-5-8-19(14-16)25-12-10-24(11-13-25)17(2)21(26)23-20-9-4-3-7-18(20)15-22/h3-9,14,17H,10-13H2,1-2H3,(H,23,26)/t17-/m0/s1. The van der Waals surface area contributed by atoms with Gasteiger partial charge in [-0.25, -0.2) is 0 Å². The van der Waals surface area contributed by atoms with Crippen molar-refractivity contribution in [3.8, 4) is 6.07 Å². The summed E-state index contributed by atoms with van der Waals surface area (Å²) >= 11 is 0. The fourth-order valence-electron chi connectivity index (χ4n) is 3.28. The molecule has 134 valence electrons. The lowest BCUT2D eigenvalue weighted by molar-refractivity contribution is -0.120. The van der Waals surface area contributed by atoms with Crippen LogP contribution in [0.5, 0.6) is 0 Å². The number of hydrogen-bond acceptors (Lipinski definition) is 4. The Morgan fingerprint density at radius 1 is 1.12 bits per heavy atom. The summed E-state index contributed by atoms with van der Waals surface area (Å²) in [5, 5.41) is 12.1. The quantitative estimate of drug-likeness (QED) is 0.923.